The van der Waals surface area contributed by atoms with Crippen LogP contribution in [0.1, 0.15) is 11.3 Å². The van der Waals surface area contributed by atoms with Gasteiger partial charge < -0.3 is 9.88 Å². The number of hydrogen-bond donors (Lipinski definition) is 1. The number of aromatic nitrogens is 2. The molecular weight excluding hydrogens is 186 g/mol. The van der Waals surface area contributed by atoms with Gasteiger partial charge in [-0.2, -0.15) is 0 Å². The molecule has 0 atom stereocenters. The molecule has 1 heterocycles. The molecule has 0 aliphatic carbocycles. The van der Waals surface area contributed by atoms with Crippen LogP contribution in [0.4, 0.5) is 0 Å². The SMILES string of the molecule is CNCc1cncn1-c1ccccc1C. The van der Waals surface area contributed by atoms with E-state index in [1.165, 1.54) is 16.9 Å². The van der Waals surface area contributed by atoms with Gasteiger partial charge >= 0.3 is 0 Å². The lowest BCUT2D eigenvalue weighted by molar-refractivity contribution is 0.767. The van der Waals surface area contributed by atoms with Crippen LogP contribution < -0.4 is 5.32 Å². The predicted octanol–water partition coefficient (Wildman–Crippen LogP) is 1.90. The summed E-state index contributed by atoms with van der Waals surface area (Å²) in [6.07, 6.45) is 3.75. The Morgan fingerprint density at radius 2 is 2.13 bits per heavy atom. The molecule has 0 saturated carbocycles. The van der Waals surface area contributed by atoms with Crippen molar-refractivity contribution in [2.24, 2.45) is 0 Å². The largest absolute Gasteiger partial charge is 0.314 e. The van der Waals surface area contributed by atoms with Crippen LogP contribution in [0.5, 0.6) is 0 Å². The molecule has 0 unspecified atom stereocenters. The summed E-state index contributed by atoms with van der Waals surface area (Å²) < 4.78 is 2.12. The summed E-state index contributed by atoms with van der Waals surface area (Å²) >= 11 is 0. The molecule has 78 valence electrons. The Balaban J connectivity index is 2.45. The lowest BCUT2D eigenvalue weighted by Gasteiger charge is -2.10. The Kier molecular flexibility index (Phi) is 2.83. The molecule has 0 aliphatic rings. The number of hydrogen-bond acceptors (Lipinski definition) is 2. The summed E-state index contributed by atoms with van der Waals surface area (Å²) in [5.41, 5.74) is 3.62. The highest BCUT2D eigenvalue weighted by molar-refractivity contribution is 5.41. The standard InChI is InChI=1S/C12H15N3/c1-10-5-3-4-6-12(10)15-9-14-8-11(15)7-13-2/h3-6,8-9,13H,7H2,1-2H3. The highest BCUT2D eigenvalue weighted by atomic mass is 15.1. The second-order valence-corrected chi connectivity index (χ2v) is 3.57. The van der Waals surface area contributed by atoms with Gasteiger partial charge in [-0.3, -0.25) is 0 Å². The third kappa shape index (κ3) is 1.92. The maximum Gasteiger partial charge on any atom is 0.0994 e. The molecule has 0 fully saturated rings. The van der Waals surface area contributed by atoms with Crippen LogP contribution in [0.15, 0.2) is 36.8 Å². The van der Waals surface area contributed by atoms with Crippen LogP contribution >= 0.6 is 0 Å². The maximum absolute atomic E-state index is 4.18. The zero-order valence-electron chi connectivity index (χ0n) is 9.07. The van der Waals surface area contributed by atoms with Crippen LogP contribution in [0.25, 0.3) is 5.69 Å². The molecule has 2 rings (SSSR count). The van der Waals surface area contributed by atoms with E-state index in [2.05, 4.69) is 33.9 Å². The number of nitrogens with zero attached hydrogens (tertiary/aromatic N) is 2. The fraction of sp³-hybridized carbons (Fsp3) is 0.250. The van der Waals surface area contributed by atoms with E-state index in [4.69, 9.17) is 0 Å². The Labute approximate surface area is 89.8 Å². The molecule has 1 aromatic carbocycles. The van der Waals surface area contributed by atoms with Crippen molar-refractivity contribution < 1.29 is 0 Å². The van der Waals surface area contributed by atoms with E-state index in [0.717, 1.165) is 6.54 Å². The fourth-order valence-electron chi connectivity index (χ4n) is 1.68. The number of benzene rings is 1. The van der Waals surface area contributed by atoms with Crippen molar-refractivity contribution in [2.75, 3.05) is 7.05 Å². The summed E-state index contributed by atoms with van der Waals surface area (Å²) in [6, 6.07) is 8.31. The van der Waals surface area contributed by atoms with Gasteiger partial charge in [-0.15, -0.1) is 0 Å². The van der Waals surface area contributed by atoms with Gasteiger partial charge in [-0.05, 0) is 25.6 Å². The van der Waals surface area contributed by atoms with Crippen molar-refractivity contribution in [3.63, 3.8) is 0 Å². The minimum Gasteiger partial charge on any atom is -0.314 e. The Bertz CT molecular complexity index is 446. The van der Waals surface area contributed by atoms with Crippen LogP contribution in [-0.2, 0) is 6.54 Å². The molecule has 0 bridgehead atoms. The fourth-order valence-corrected chi connectivity index (χ4v) is 1.68. The van der Waals surface area contributed by atoms with E-state index in [1.54, 1.807) is 0 Å². The first-order valence-corrected chi connectivity index (χ1v) is 5.04. The Hall–Kier alpha value is -1.61. The molecule has 2 aromatic rings. The van der Waals surface area contributed by atoms with E-state index in [9.17, 15) is 0 Å². The van der Waals surface area contributed by atoms with Crippen molar-refractivity contribution in [2.45, 2.75) is 13.5 Å². The summed E-state index contributed by atoms with van der Waals surface area (Å²) in [5.74, 6) is 0. The van der Waals surface area contributed by atoms with Gasteiger partial charge in [0.15, 0.2) is 0 Å². The number of imidazole rings is 1. The molecule has 0 saturated heterocycles. The van der Waals surface area contributed by atoms with Gasteiger partial charge in [0.1, 0.15) is 0 Å². The molecule has 0 aliphatic heterocycles. The lowest BCUT2D eigenvalue weighted by Crippen LogP contribution is -2.10. The zero-order chi connectivity index (χ0) is 10.7. The van der Waals surface area contributed by atoms with E-state index >= 15 is 0 Å². The predicted molar refractivity (Wildman–Crippen MR) is 61.1 cm³/mol. The van der Waals surface area contributed by atoms with Gasteiger partial charge in [0, 0.05) is 18.4 Å². The summed E-state index contributed by atoms with van der Waals surface area (Å²) in [5, 5.41) is 3.14. The van der Waals surface area contributed by atoms with E-state index < -0.39 is 0 Å². The van der Waals surface area contributed by atoms with E-state index in [1.807, 2.05) is 31.7 Å². The first-order chi connectivity index (χ1) is 7.33. The molecule has 0 radical (unpaired) electrons. The number of para-hydroxylation sites is 1. The number of aryl methyl sites for hydroxylation is 1. The normalized spacial score (nSPS) is 10.5. The van der Waals surface area contributed by atoms with Crippen molar-refractivity contribution in [3.8, 4) is 5.69 Å². The van der Waals surface area contributed by atoms with Crippen LogP contribution in [0.3, 0.4) is 0 Å². The summed E-state index contributed by atoms with van der Waals surface area (Å²) in [4.78, 5) is 4.18. The average Bonchev–Trinajstić information content (AvgIpc) is 2.67. The highest BCUT2D eigenvalue weighted by Crippen LogP contribution is 2.15. The van der Waals surface area contributed by atoms with Crippen LogP contribution in [0.2, 0.25) is 0 Å². The zero-order valence-corrected chi connectivity index (χ0v) is 9.07. The van der Waals surface area contributed by atoms with Gasteiger partial charge in [0.2, 0.25) is 0 Å². The monoisotopic (exact) mass is 201 g/mol. The molecule has 0 spiro atoms. The molecule has 15 heavy (non-hydrogen) atoms. The van der Waals surface area contributed by atoms with Crippen molar-refractivity contribution in [3.05, 3.63) is 48.0 Å². The van der Waals surface area contributed by atoms with Crippen LogP contribution in [-0.4, -0.2) is 16.6 Å². The second-order valence-electron chi connectivity index (χ2n) is 3.57. The minimum absolute atomic E-state index is 0.828. The molecule has 3 heteroatoms. The van der Waals surface area contributed by atoms with Crippen molar-refractivity contribution >= 4 is 0 Å². The van der Waals surface area contributed by atoms with Gasteiger partial charge in [-0.1, -0.05) is 18.2 Å². The van der Waals surface area contributed by atoms with E-state index in [0.29, 0.717) is 0 Å². The molecule has 0 amide bonds. The van der Waals surface area contributed by atoms with Crippen molar-refractivity contribution in [1.29, 1.82) is 0 Å². The minimum atomic E-state index is 0.828. The average molecular weight is 201 g/mol. The van der Waals surface area contributed by atoms with Gasteiger partial charge in [-0.25, -0.2) is 4.98 Å². The second kappa shape index (κ2) is 4.28. The third-order valence-electron chi connectivity index (χ3n) is 2.45. The third-order valence-corrected chi connectivity index (χ3v) is 2.45. The van der Waals surface area contributed by atoms with Crippen LogP contribution in [0, 0.1) is 6.92 Å². The van der Waals surface area contributed by atoms with Crippen molar-refractivity contribution in [1.82, 2.24) is 14.9 Å². The first kappa shape index (κ1) is 9.93. The topological polar surface area (TPSA) is 29.9 Å². The summed E-state index contributed by atoms with van der Waals surface area (Å²) in [6.45, 7) is 2.94. The highest BCUT2D eigenvalue weighted by Gasteiger charge is 2.04. The quantitative estimate of drug-likeness (QED) is 0.822. The van der Waals surface area contributed by atoms with Gasteiger partial charge in [0.25, 0.3) is 0 Å². The molecule has 1 N–H and O–H groups in total. The smallest absolute Gasteiger partial charge is 0.0994 e. The molecule has 3 nitrogen and oxygen atoms in total. The van der Waals surface area contributed by atoms with Gasteiger partial charge in [0.05, 0.1) is 12.0 Å². The number of nitrogens with one attached hydrogen (secondary N) is 1. The van der Waals surface area contributed by atoms with E-state index in [-0.39, 0.29) is 0 Å². The maximum atomic E-state index is 4.18. The molecular formula is C12H15N3. The lowest BCUT2D eigenvalue weighted by atomic mass is 10.2. The number of rotatable bonds is 3. The Morgan fingerprint density at radius 3 is 2.87 bits per heavy atom. The first-order valence-electron chi connectivity index (χ1n) is 5.04. The molecule has 1 aromatic heterocycles. The Morgan fingerprint density at radius 1 is 1.33 bits per heavy atom. The summed E-state index contributed by atoms with van der Waals surface area (Å²) in [7, 11) is 1.94.